The molecule has 1 aliphatic rings. The van der Waals surface area contributed by atoms with E-state index < -0.39 is 12.1 Å². The van der Waals surface area contributed by atoms with Crippen molar-refractivity contribution in [2.45, 2.75) is 19.4 Å². The predicted octanol–water partition coefficient (Wildman–Crippen LogP) is 0.915. The van der Waals surface area contributed by atoms with Gasteiger partial charge in [0.15, 0.2) is 6.10 Å². The Hall–Kier alpha value is -0.260. The minimum absolute atomic E-state index is 0.534. The summed E-state index contributed by atoms with van der Waals surface area (Å²) in [6, 6.07) is 0. The zero-order valence-corrected chi connectivity index (χ0v) is 9.96. The van der Waals surface area contributed by atoms with Crippen LogP contribution in [0.4, 0.5) is 0 Å². The van der Waals surface area contributed by atoms with Crippen molar-refractivity contribution < 1.29 is 14.6 Å². The summed E-state index contributed by atoms with van der Waals surface area (Å²) in [6.07, 6.45) is 0.503. The van der Waals surface area contributed by atoms with Crippen molar-refractivity contribution in [3.05, 3.63) is 0 Å². The lowest BCUT2D eigenvalue weighted by atomic mass is 10.2. The number of morpholine rings is 1. The number of thioether (sulfide) groups is 1. The summed E-state index contributed by atoms with van der Waals surface area (Å²) in [5.74, 6) is 1.47. The number of rotatable bonds is 6. The van der Waals surface area contributed by atoms with E-state index in [2.05, 4.69) is 11.8 Å². The average molecular weight is 233 g/mol. The van der Waals surface area contributed by atoms with Gasteiger partial charge in [-0.3, -0.25) is 4.90 Å². The van der Waals surface area contributed by atoms with Crippen LogP contribution in [0.1, 0.15) is 13.3 Å². The quantitative estimate of drug-likeness (QED) is 0.691. The lowest BCUT2D eigenvalue weighted by molar-refractivity contribution is -0.156. The summed E-state index contributed by atoms with van der Waals surface area (Å²) in [6.45, 7) is 5.07. The van der Waals surface area contributed by atoms with E-state index in [1.165, 1.54) is 0 Å². The van der Waals surface area contributed by atoms with Gasteiger partial charge in [0, 0.05) is 13.1 Å². The molecule has 1 N–H and O–H groups in total. The van der Waals surface area contributed by atoms with Crippen molar-refractivity contribution >= 4 is 17.7 Å². The van der Waals surface area contributed by atoms with Gasteiger partial charge in [0.1, 0.15) is 0 Å². The van der Waals surface area contributed by atoms with Crippen molar-refractivity contribution in [1.82, 2.24) is 4.90 Å². The summed E-state index contributed by atoms with van der Waals surface area (Å²) in [7, 11) is 0. The highest BCUT2D eigenvalue weighted by atomic mass is 32.2. The molecule has 1 unspecified atom stereocenters. The summed E-state index contributed by atoms with van der Waals surface area (Å²) in [5.41, 5.74) is 0. The maximum absolute atomic E-state index is 10.7. The van der Waals surface area contributed by atoms with Crippen LogP contribution in [0.3, 0.4) is 0 Å². The fraction of sp³-hybridized carbons (Fsp3) is 0.900. The van der Waals surface area contributed by atoms with Crippen molar-refractivity contribution in [2.75, 3.05) is 37.7 Å². The van der Waals surface area contributed by atoms with Crippen LogP contribution in [0.2, 0.25) is 0 Å². The Morgan fingerprint density at radius 3 is 3.13 bits per heavy atom. The molecule has 0 amide bonds. The van der Waals surface area contributed by atoms with E-state index in [0.29, 0.717) is 13.2 Å². The number of hydrogen-bond donors (Lipinski definition) is 1. The summed E-state index contributed by atoms with van der Waals surface area (Å²) >= 11 is 1.93. The molecule has 5 heteroatoms. The van der Waals surface area contributed by atoms with E-state index in [9.17, 15) is 4.79 Å². The third-order valence-electron chi connectivity index (χ3n) is 2.39. The molecule has 0 aromatic carbocycles. The van der Waals surface area contributed by atoms with Crippen LogP contribution < -0.4 is 0 Å². The Kier molecular flexibility index (Phi) is 6.05. The molecule has 1 aliphatic heterocycles. The topological polar surface area (TPSA) is 49.8 Å². The minimum Gasteiger partial charge on any atom is -0.479 e. The minimum atomic E-state index is -0.845. The first-order chi connectivity index (χ1) is 7.24. The predicted molar refractivity (Wildman–Crippen MR) is 61.4 cm³/mol. The summed E-state index contributed by atoms with van der Waals surface area (Å²) in [5, 5.41) is 8.81. The maximum Gasteiger partial charge on any atom is 0.334 e. The molecule has 0 spiro atoms. The number of nitrogens with zero attached hydrogens (tertiary/aromatic N) is 1. The van der Waals surface area contributed by atoms with Crippen LogP contribution >= 0.6 is 11.8 Å². The van der Waals surface area contributed by atoms with Crippen LogP contribution in [0.5, 0.6) is 0 Å². The molecule has 0 aromatic heterocycles. The summed E-state index contributed by atoms with van der Waals surface area (Å²) in [4.78, 5) is 12.9. The molecule has 1 rings (SSSR count). The second kappa shape index (κ2) is 7.09. The van der Waals surface area contributed by atoms with Gasteiger partial charge in [0.25, 0.3) is 0 Å². The van der Waals surface area contributed by atoms with E-state index in [1.807, 2.05) is 11.8 Å². The number of carbonyl (C=O) groups is 1. The van der Waals surface area contributed by atoms with Gasteiger partial charge in [-0.25, -0.2) is 4.79 Å². The van der Waals surface area contributed by atoms with E-state index in [-0.39, 0.29) is 0 Å². The van der Waals surface area contributed by atoms with Gasteiger partial charge in [-0.05, 0) is 24.5 Å². The van der Waals surface area contributed by atoms with Crippen molar-refractivity contribution in [3.63, 3.8) is 0 Å². The van der Waals surface area contributed by atoms with Crippen molar-refractivity contribution in [1.29, 1.82) is 0 Å². The van der Waals surface area contributed by atoms with Crippen molar-refractivity contribution in [3.8, 4) is 0 Å². The molecule has 15 heavy (non-hydrogen) atoms. The Morgan fingerprint density at radius 2 is 2.47 bits per heavy atom. The fourth-order valence-corrected chi connectivity index (χ4v) is 2.21. The zero-order chi connectivity index (χ0) is 11.1. The largest absolute Gasteiger partial charge is 0.479 e. The Labute approximate surface area is 95.0 Å². The third-order valence-corrected chi connectivity index (χ3v) is 3.38. The molecule has 1 fully saturated rings. The molecule has 88 valence electrons. The second-order valence-electron chi connectivity index (χ2n) is 3.55. The Morgan fingerprint density at radius 1 is 1.67 bits per heavy atom. The highest BCUT2D eigenvalue weighted by Gasteiger charge is 2.25. The van der Waals surface area contributed by atoms with Crippen LogP contribution in [0.25, 0.3) is 0 Å². The molecule has 0 aliphatic carbocycles. The molecular formula is C10H19NO3S. The number of ether oxygens (including phenoxy) is 1. The smallest absolute Gasteiger partial charge is 0.334 e. The molecular weight excluding hydrogens is 214 g/mol. The van der Waals surface area contributed by atoms with Gasteiger partial charge >= 0.3 is 5.97 Å². The first kappa shape index (κ1) is 12.8. The fourth-order valence-electron chi connectivity index (χ4n) is 1.59. The van der Waals surface area contributed by atoms with E-state index in [4.69, 9.17) is 9.84 Å². The highest BCUT2D eigenvalue weighted by molar-refractivity contribution is 7.99. The Balaban J connectivity index is 2.15. The molecule has 4 nitrogen and oxygen atoms in total. The molecule has 1 saturated heterocycles. The van der Waals surface area contributed by atoms with E-state index >= 15 is 0 Å². The zero-order valence-electron chi connectivity index (χ0n) is 9.15. The second-order valence-corrected chi connectivity index (χ2v) is 4.94. The first-order valence-corrected chi connectivity index (χ1v) is 6.54. The average Bonchev–Trinajstić information content (AvgIpc) is 2.25. The monoisotopic (exact) mass is 233 g/mol. The lowest BCUT2D eigenvalue weighted by Gasteiger charge is -2.30. The molecule has 0 radical (unpaired) electrons. The van der Waals surface area contributed by atoms with Gasteiger partial charge in [0.05, 0.1) is 6.61 Å². The molecule has 1 heterocycles. The normalized spacial score (nSPS) is 22.9. The van der Waals surface area contributed by atoms with Crippen LogP contribution in [0.15, 0.2) is 0 Å². The SMILES string of the molecule is CCSCCCN1CCOC(C(=O)O)C1. The van der Waals surface area contributed by atoms with Crippen LogP contribution in [-0.4, -0.2) is 59.8 Å². The van der Waals surface area contributed by atoms with Gasteiger partial charge in [-0.2, -0.15) is 11.8 Å². The first-order valence-electron chi connectivity index (χ1n) is 5.38. The standard InChI is InChI=1S/C10H19NO3S/c1-2-15-7-3-4-11-5-6-14-9(8-11)10(12)13/h9H,2-8H2,1H3,(H,12,13). The number of carboxylic acid groups (broad SMARTS) is 1. The van der Waals surface area contributed by atoms with E-state index in [1.54, 1.807) is 0 Å². The molecule has 0 saturated carbocycles. The summed E-state index contributed by atoms with van der Waals surface area (Å²) < 4.78 is 5.15. The Bertz CT molecular complexity index is 201. The third kappa shape index (κ3) is 4.86. The highest BCUT2D eigenvalue weighted by Crippen LogP contribution is 2.08. The van der Waals surface area contributed by atoms with Gasteiger partial charge < -0.3 is 9.84 Å². The van der Waals surface area contributed by atoms with Gasteiger partial charge in [0.2, 0.25) is 0 Å². The molecule has 0 bridgehead atoms. The lowest BCUT2D eigenvalue weighted by Crippen LogP contribution is -2.46. The van der Waals surface area contributed by atoms with Gasteiger partial charge in [-0.1, -0.05) is 6.92 Å². The molecule has 1 atom stereocenters. The number of carboxylic acids is 1. The van der Waals surface area contributed by atoms with Crippen LogP contribution in [0, 0.1) is 0 Å². The number of aliphatic carboxylic acids is 1. The van der Waals surface area contributed by atoms with E-state index in [0.717, 1.165) is 31.0 Å². The number of hydrogen-bond acceptors (Lipinski definition) is 4. The van der Waals surface area contributed by atoms with Crippen molar-refractivity contribution in [2.24, 2.45) is 0 Å². The van der Waals surface area contributed by atoms with Crippen LogP contribution in [-0.2, 0) is 9.53 Å². The maximum atomic E-state index is 10.7. The van der Waals surface area contributed by atoms with Gasteiger partial charge in [-0.15, -0.1) is 0 Å². The molecule has 0 aromatic rings.